The third kappa shape index (κ3) is 5.26. The molecule has 0 spiro atoms. The fourth-order valence-electron chi connectivity index (χ4n) is 3.17. The van der Waals surface area contributed by atoms with Crippen LogP contribution in [0.2, 0.25) is 5.02 Å². The molecule has 2 N–H and O–H groups in total. The van der Waals surface area contributed by atoms with Crippen LogP contribution in [0, 0.1) is 0 Å². The Morgan fingerprint density at radius 1 is 1.33 bits per heavy atom. The molecule has 2 heterocycles. The molecule has 1 atom stereocenters. The van der Waals surface area contributed by atoms with E-state index in [2.05, 4.69) is 37.6 Å². The van der Waals surface area contributed by atoms with Crippen molar-refractivity contribution in [1.82, 2.24) is 15.6 Å². The van der Waals surface area contributed by atoms with E-state index in [1.165, 1.54) is 11.3 Å². The van der Waals surface area contributed by atoms with E-state index in [9.17, 15) is 0 Å². The lowest BCUT2D eigenvalue weighted by molar-refractivity contribution is 0.648. The summed E-state index contributed by atoms with van der Waals surface area (Å²) in [6.07, 6.45) is 2.90. The van der Waals surface area contributed by atoms with Gasteiger partial charge in [0, 0.05) is 63.7 Å². The number of nitrogens with zero attached hydrogens (tertiary/aromatic N) is 4. The lowest BCUT2D eigenvalue weighted by Gasteiger charge is -2.20. The van der Waals surface area contributed by atoms with Gasteiger partial charge in [0.25, 0.3) is 0 Å². The predicted molar refractivity (Wildman–Crippen MR) is 114 cm³/mol. The maximum atomic E-state index is 6.12. The predicted octanol–water partition coefficient (Wildman–Crippen LogP) is 2.74. The lowest BCUT2D eigenvalue weighted by Crippen LogP contribution is -2.44. The Morgan fingerprint density at radius 3 is 2.93 bits per heavy atom. The molecule has 0 amide bonds. The average Bonchev–Trinajstić information content (AvgIpc) is 3.14. The van der Waals surface area contributed by atoms with Gasteiger partial charge in [0.15, 0.2) is 5.96 Å². The number of halogens is 1. The van der Waals surface area contributed by atoms with Crippen molar-refractivity contribution in [3.63, 3.8) is 0 Å². The number of aromatic nitrogens is 1. The van der Waals surface area contributed by atoms with Gasteiger partial charge >= 0.3 is 0 Å². The van der Waals surface area contributed by atoms with Crippen LogP contribution in [0.15, 0.2) is 47.6 Å². The number of benzene rings is 1. The van der Waals surface area contributed by atoms with Crippen molar-refractivity contribution in [2.24, 2.45) is 4.99 Å². The summed E-state index contributed by atoms with van der Waals surface area (Å²) in [5, 5.41) is 7.70. The zero-order chi connectivity index (χ0) is 19.2. The minimum Gasteiger partial charge on any atom is -0.369 e. The van der Waals surface area contributed by atoms with Crippen LogP contribution in [0.1, 0.15) is 12.0 Å². The third-order valence-electron chi connectivity index (χ3n) is 4.65. The van der Waals surface area contributed by atoms with Gasteiger partial charge in [-0.25, -0.2) is 4.98 Å². The third-order valence-corrected chi connectivity index (χ3v) is 4.89. The van der Waals surface area contributed by atoms with E-state index >= 15 is 0 Å². The van der Waals surface area contributed by atoms with E-state index in [-0.39, 0.29) is 0 Å². The van der Waals surface area contributed by atoms with Gasteiger partial charge < -0.3 is 20.4 Å². The summed E-state index contributed by atoms with van der Waals surface area (Å²) in [5.74, 6) is 1.77. The normalized spacial score (nSPS) is 17.1. The average molecular weight is 387 g/mol. The van der Waals surface area contributed by atoms with Gasteiger partial charge in [0.1, 0.15) is 5.82 Å². The smallest absolute Gasteiger partial charge is 0.191 e. The molecule has 0 saturated carbocycles. The van der Waals surface area contributed by atoms with Gasteiger partial charge in [0.05, 0.1) is 0 Å². The molecule has 2 aromatic rings. The first-order valence-electron chi connectivity index (χ1n) is 9.15. The van der Waals surface area contributed by atoms with Crippen LogP contribution < -0.4 is 20.4 Å². The zero-order valence-electron chi connectivity index (χ0n) is 16.1. The van der Waals surface area contributed by atoms with Crippen molar-refractivity contribution in [2.45, 2.75) is 19.0 Å². The summed E-state index contributed by atoms with van der Waals surface area (Å²) in [6, 6.07) is 12.5. The molecule has 1 aromatic heterocycles. The highest BCUT2D eigenvalue weighted by Gasteiger charge is 2.23. The van der Waals surface area contributed by atoms with Crippen LogP contribution in [0.25, 0.3) is 0 Å². The number of rotatable bonds is 5. The van der Waals surface area contributed by atoms with Gasteiger partial charge in [-0.05, 0) is 42.3 Å². The summed E-state index contributed by atoms with van der Waals surface area (Å²) in [5.41, 5.74) is 2.34. The largest absolute Gasteiger partial charge is 0.369 e. The Balaban J connectivity index is 1.53. The molecule has 1 saturated heterocycles. The number of pyridine rings is 1. The van der Waals surface area contributed by atoms with Crippen molar-refractivity contribution in [3.05, 3.63) is 53.2 Å². The second-order valence-corrected chi connectivity index (χ2v) is 7.33. The molecule has 27 heavy (non-hydrogen) atoms. The molecular formula is C20H27ClN6. The van der Waals surface area contributed by atoms with Gasteiger partial charge in [-0.2, -0.15) is 0 Å². The van der Waals surface area contributed by atoms with Crippen LogP contribution in [-0.2, 0) is 6.54 Å². The van der Waals surface area contributed by atoms with E-state index < -0.39 is 0 Å². The first kappa shape index (κ1) is 19.3. The molecule has 0 bridgehead atoms. The minimum atomic E-state index is 0.352. The molecule has 1 unspecified atom stereocenters. The fourth-order valence-corrected chi connectivity index (χ4v) is 3.36. The first-order valence-corrected chi connectivity index (χ1v) is 9.53. The van der Waals surface area contributed by atoms with Crippen LogP contribution in [-0.4, -0.2) is 51.2 Å². The standard InChI is InChI=1S/C20H27ClN6/c1-22-20(24-13-15-7-9-23-19(11-15)26(2)3)25-17-8-10-27(14-17)18-6-4-5-16(21)12-18/h4-7,9,11-12,17H,8,10,13-14H2,1-3H3,(H2,22,24,25). The monoisotopic (exact) mass is 386 g/mol. The summed E-state index contributed by atoms with van der Waals surface area (Å²) >= 11 is 6.12. The second-order valence-electron chi connectivity index (χ2n) is 6.90. The number of hydrogen-bond acceptors (Lipinski definition) is 4. The highest BCUT2D eigenvalue weighted by atomic mass is 35.5. The molecule has 1 aromatic carbocycles. The molecule has 0 aliphatic carbocycles. The number of anilines is 2. The maximum Gasteiger partial charge on any atom is 0.191 e. The lowest BCUT2D eigenvalue weighted by atomic mass is 10.2. The first-order chi connectivity index (χ1) is 13.0. The Morgan fingerprint density at radius 2 is 2.19 bits per heavy atom. The van der Waals surface area contributed by atoms with Crippen molar-refractivity contribution >= 4 is 29.1 Å². The maximum absolute atomic E-state index is 6.12. The summed E-state index contributed by atoms with van der Waals surface area (Å²) in [6.45, 7) is 2.64. The van der Waals surface area contributed by atoms with Crippen molar-refractivity contribution < 1.29 is 0 Å². The number of nitrogens with one attached hydrogen (secondary N) is 2. The zero-order valence-corrected chi connectivity index (χ0v) is 16.9. The Hall–Kier alpha value is -2.47. The van der Waals surface area contributed by atoms with Crippen LogP contribution >= 0.6 is 11.6 Å². The molecule has 7 heteroatoms. The second kappa shape index (κ2) is 8.95. The van der Waals surface area contributed by atoms with E-state index in [0.29, 0.717) is 12.6 Å². The molecule has 3 rings (SSSR count). The van der Waals surface area contributed by atoms with Gasteiger partial charge in [-0.15, -0.1) is 0 Å². The number of aliphatic imine (C=N–C) groups is 1. The number of guanidine groups is 1. The van der Waals surface area contributed by atoms with Gasteiger partial charge in [0.2, 0.25) is 0 Å². The minimum absolute atomic E-state index is 0.352. The highest BCUT2D eigenvalue weighted by Crippen LogP contribution is 2.23. The van der Waals surface area contributed by atoms with Crippen LogP contribution in [0.3, 0.4) is 0 Å². The Kier molecular flexibility index (Phi) is 6.40. The fraction of sp³-hybridized carbons (Fsp3) is 0.400. The molecule has 1 aliphatic heterocycles. The molecular weight excluding hydrogens is 360 g/mol. The molecule has 0 radical (unpaired) electrons. The van der Waals surface area contributed by atoms with Crippen molar-refractivity contribution in [1.29, 1.82) is 0 Å². The van der Waals surface area contributed by atoms with Crippen LogP contribution in [0.5, 0.6) is 0 Å². The summed E-state index contributed by atoms with van der Waals surface area (Å²) < 4.78 is 0. The Labute approximate surface area is 166 Å². The Bertz CT molecular complexity index is 792. The SMILES string of the molecule is CN=C(NCc1ccnc(N(C)C)c1)NC1CCN(c2cccc(Cl)c2)C1. The van der Waals surface area contributed by atoms with E-state index in [0.717, 1.165) is 36.3 Å². The molecule has 1 fully saturated rings. The van der Waals surface area contributed by atoms with E-state index in [4.69, 9.17) is 11.6 Å². The molecule has 6 nitrogen and oxygen atoms in total. The topological polar surface area (TPSA) is 55.8 Å². The quantitative estimate of drug-likeness (QED) is 0.611. The molecule has 144 valence electrons. The summed E-state index contributed by atoms with van der Waals surface area (Å²) in [4.78, 5) is 13.1. The molecule has 1 aliphatic rings. The number of hydrogen-bond donors (Lipinski definition) is 2. The summed E-state index contributed by atoms with van der Waals surface area (Å²) in [7, 11) is 5.79. The van der Waals surface area contributed by atoms with E-state index in [1.54, 1.807) is 7.05 Å². The van der Waals surface area contributed by atoms with Crippen LogP contribution in [0.4, 0.5) is 11.5 Å². The van der Waals surface area contributed by atoms with Gasteiger partial charge in [-0.1, -0.05) is 17.7 Å². The van der Waals surface area contributed by atoms with Crippen molar-refractivity contribution in [2.75, 3.05) is 44.0 Å². The van der Waals surface area contributed by atoms with Crippen molar-refractivity contribution in [3.8, 4) is 0 Å². The van der Waals surface area contributed by atoms with Gasteiger partial charge in [-0.3, -0.25) is 4.99 Å². The van der Waals surface area contributed by atoms with E-state index in [1.807, 2.05) is 49.5 Å². The highest BCUT2D eigenvalue weighted by molar-refractivity contribution is 6.30.